The zero-order chi connectivity index (χ0) is 15.1. The number of hydrogen-bond acceptors (Lipinski definition) is 3. The van der Waals surface area contributed by atoms with E-state index < -0.39 is 21.7 Å². The fourth-order valence-electron chi connectivity index (χ4n) is 2.25. The van der Waals surface area contributed by atoms with Crippen molar-refractivity contribution in [3.8, 4) is 0 Å². The molecule has 0 spiro atoms. The molecular formula is C13H17FN2O3S. The van der Waals surface area contributed by atoms with Crippen LogP contribution in [-0.2, 0) is 10.0 Å². The number of sulfonamides is 1. The van der Waals surface area contributed by atoms with Gasteiger partial charge in [-0.1, -0.05) is 0 Å². The van der Waals surface area contributed by atoms with Crippen LogP contribution < -0.4 is 5.14 Å². The molecule has 5 nitrogen and oxygen atoms in total. The maximum absolute atomic E-state index is 13.9. The Balaban J connectivity index is 2.43. The summed E-state index contributed by atoms with van der Waals surface area (Å²) in [7, 11) is -2.38. The molecular weight excluding hydrogens is 283 g/mol. The first-order chi connectivity index (χ1) is 9.21. The predicted octanol–water partition coefficient (Wildman–Crippen LogP) is 1.41. The Morgan fingerprint density at radius 1 is 1.40 bits per heavy atom. The van der Waals surface area contributed by atoms with Crippen molar-refractivity contribution in [2.24, 2.45) is 5.14 Å². The second-order valence-corrected chi connectivity index (χ2v) is 6.67. The van der Waals surface area contributed by atoms with Gasteiger partial charge in [0.05, 0.1) is 10.5 Å². The van der Waals surface area contributed by atoms with Crippen LogP contribution in [0, 0.1) is 12.7 Å². The standard InChI is InChI=1S/C13H17FN2O3S/c1-8-6-11(14)10(7-12(8)20(15,18)19)13(17)16(2)9-4-3-5-9/h6-7,9H,3-5H2,1-2H3,(H2,15,18,19). The highest BCUT2D eigenvalue weighted by Gasteiger charge is 2.29. The summed E-state index contributed by atoms with van der Waals surface area (Å²) < 4.78 is 36.8. The largest absolute Gasteiger partial charge is 0.339 e. The van der Waals surface area contributed by atoms with Gasteiger partial charge in [0.1, 0.15) is 5.82 Å². The molecule has 0 saturated heterocycles. The lowest BCUT2D eigenvalue weighted by Crippen LogP contribution is -2.41. The van der Waals surface area contributed by atoms with Crippen molar-refractivity contribution in [1.82, 2.24) is 4.90 Å². The molecule has 0 unspecified atom stereocenters. The molecule has 110 valence electrons. The van der Waals surface area contributed by atoms with Crippen molar-refractivity contribution in [2.45, 2.75) is 37.1 Å². The van der Waals surface area contributed by atoms with Gasteiger partial charge in [0.2, 0.25) is 10.0 Å². The molecule has 2 N–H and O–H groups in total. The Kier molecular flexibility index (Phi) is 3.84. The fourth-order valence-corrected chi connectivity index (χ4v) is 3.04. The van der Waals surface area contributed by atoms with Gasteiger partial charge in [-0.05, 0) is 43.9 Å². The number of carbonyl (C=O) groups is 1. The average molecular weight is 300 g/mol. The molecule has 0 atom stereocenters. The number of carbonyl (C=O) groups excluding carboxylic acids is 1. The van der Waals surface area contributed by atoms with Crippen LogP contribution in [0.3, 0.4) is 0 Å². The van der Waals surface area contributed by atoms with Crippen LogP contribution in [0.5, 0.6) is 0 Å². The van der Waals surface area contributed by atoms with Crippen LogP contribution in [-0.4, -0.2) is 32.3 Å². The van der Waals surface area contributed by atoms with Gasteiger partial charge in [0.15, 0.2) is 0 Å². The molecule has 7 heteroatoms. The van der Waals surface area contributed by atoms with Gasteiger partial charge in [-0.25, -0.2) is 17.9 Å². The van der Waals surface area contributed by atoms with E-state index in [-0.39, 0.29) is 22.1 Å². The normalized spacial score (nSPS) is 15.8. The smallest absolute Gasteiger partial charge is 0.256 e. The van der Waals surface area contributed by atoms with Gasteiger partial charge in [0, 0.05) is 13.1 Å². The summed E-state index contributed by atoms with van der Waals surface area (Å²) in [5.41, 5.74) is -0.0677. The highest BCUT2D eigenvalue weighted by molar-refractivity contribution is 7.89. The summed E-state index contributed by atoms with van der Waals surface area (Å²) >= 11 is 0. The van der Waals surface area contributed by atoms with E-state index in [0.717, 1.165) is 31.4 Å². The predicted molar refractivity (Wildman–Crippen MR) is 72.2 cm³/mol. The zero-order valence-electron chi connectivity index (χ0n) is 11.4. The third-order valence-electron chi connectivity index (χ3n) is 3.74. The molecule has 0 heterocycles. The number of primary sulfonamides is 1. The summed E-state index contributed by atoms with van der Waals surface area (Å²) in [5.74, 6) is -1.25. The first-order valence-corrected chi connectivity index (χ1v) is 7.86. The Morgan fingerprint density at radius 3 is 2.45 bits per heavy atom. The van der Waals surface area contributed by atoms with Gasteiger partial charge < -0.3 is 4.90 Å². The molecule has 0 aliphatic heterocycles. The lowest BCUT2D eigenvalue weighted by molar-refractivity contribution is 0.0647. The molecule has 1 aromatic rings. The van der Waals surface area contributed by atoms with Crippen LogP contribution in [0.1, 0.15) is 35.2 Å². The van der Waals surface area contributed by atoms with Crippen LogP contribution in [0.25, 0.3) is 0 Å². The van der Waals surface area contributed by atoms with Gasteiger partial charge in [0.25, 0.3) is 5.91 Å². The molecule has 1 fully saturated rings. The van der Waals surface area contributed by atoms with E-state index in [1.807, 2.05) is 0 Å². The minimum absolute atomic E-state index is 0.0983. The van der Waals surface area contributed by atoms with E-state index in [1.54, 1.807) is 7.05 Å². The van der Waals surface area contributed by atoms with Crippen LogP contribution >= 0.6 is 0 Å². The SMILES string of the molecule is Cc1cc(F)c(C(=O)N(C)C2CCC2)cc1S(N)(=O)=O. The summed E-state index contributed by atoms with van der Waals surface area (Å²) in [4.78, 5) is 13.5. The van der Waals surface area contributed by atoms with E-state index in [2.05, 4.69) is 0 Å². The number of aryl methyl sites for hydroxylation is 1. The van der Waals surface area contributed by atoms with E-state index in [4.69, 9.17) is 5.14 Å². The minimum Gasteiger partial charge on any atom is -0.339 e. The summed E-state index contributed by atoms with van der Waals surface area (Å²) in [6.07, 6.45) is 2.82. The van der Waals surface area contributed by atoms with Crippen molar-refractivity contribution in [2.75, 3.05) is 7.05 Å². The number of benzene rings is 1. The summed E-state index contributed by atoms with van der Waals surface area (Å²) in [6.45, 7) is 1.44. The summed E-state index contributed by atoms with van der Waals surface area (Å²) in [6, 6.07) is 2.15. The topological polar surface area (TPSA) is 80.5 Å². The maximum atomic E-state index is 13.9. The molecule has 1 aliphatic carbocycles. The summed E-state index contributed by atoms with van der Waals surface area (Å²) in [5, 5.41) is 5.07. The first-order valence-electron chi connectivity index (χ1n) is 6.32. The van der Waals surface area contributed by atoms with Crippen molar-refractivity contribution in [3.63, 3.8) is 0 Å². The number of nitrogens with two attached hydrogens (primary N) is 1. The Labute approximate surface area is 117 Å². The van der Waals surface area contributed by atoms with Crippen molar-refractivity contribution in [3.05, 3.63) is 29.1 Å². The van der Waals surface area contributed by atoms with Crippen LogP contribution in [0.4, 0.5) is 4.39 Å². The third kappa shape index (κ3) is 2.69. The highest BCUT2D eigenvalue weighted by Crippen LogP contribution is 2.26. The molecule has 1 aliphatic rings. The molecule has 1 aromatic carbocycles. The zero-order valence-corrected chi connectivity index (χ0v) is 12.2. The lowest BCUT2D eigenvalue weighted by Gasteiger charge is -2.34. The fraction of sp³-hybridized carbons (Fsp3) is 0.462. The Bertz CT molecular complexity index is 654. The maximum Gasteiger partial charge on any atom is 0.256 e. The van der Waals surface area contributed by atoms with E-state index >= 15 is 0 Å². The average Bonchev–Trinajstić information content (AvgIpc) is 2.23. The van der Waals surface area contributed by atoms with E-state index in [1.165, 1.54) is 11.8 Å². The first kappa shape index (κ1) is 14.9. The van der Waals surface area contributed by atoms with Gasteiger partial charge in [-0.2, -0.15) is 0 Å². The monoisotopic (exact) mass is 300 g/mol. The second-order valence-electron chi connectivity index (χ2n) is 5.14. The Hall–Kier alpha value is -1.47. The molecule has 0 radical (unpaired) electrons. The molecule has 20 heavy (non-hydrogen) atoms. The molecule has 0 bridgehead atoms. The molecule has 1 amide bonds. The number of rotatable bonds is 3. The third-order valence-corrected chi connectivity index (χ3v) is 4.80. The molecule has 0 aromatic heterocycles. The van der Waals surface area contributed by atoms with Gasteiger partial charge >= 0.3 is 0 Å². The van der Waals surface area contributed by atoms with E-state index in [0.29, 0.717) is 0 Å². The van der Waals surface area contributed by atoms with Crippen LogP contribution in [0.15, 0.2) is 17.0 Å². The van der Waals surface area contributed by atoms with E-state index in [9.17, 15) is 17.6 Å². The number of amides is 1. The quantitative estimate of drug-likeness (QED) is 0.916. The second kappa shape index (κ2) is 5.14. The number of nitrogens with zero attached hydrogens (tertiary/aromatic N) is 1. The van der Waals surface area contributed by atoms with Crippen molar-refractivity contribution in [1.29, 1.82) is 0 Å². The highest BCUT2D eigenvalue weighted by atomic mass is 32.2. The van der Waals surface area contributed by atoms with Crippen molar-refractivity contribution >= 4 is 15.9 Å². The van der Waals surface area contributed by atoms with Gasteiger partial charge in [-0.15, -0.1) is 0 Å². The Morgan fingerprint density at radius 2 is 2.00 bits per heavy atom. The molecule has 2 rings (SSSR count). The van der Waals surface area contributed by atoms with Gasteiger partial charge in [-0.3, -0.25) is 4.79 Å². The lowest BCUT2D eigenvalue weighted by atomic mass is 9.91. The number of halogens is 1. The number of hydrogen-bond donors (Lipinski definition) is 1. The minimum atomic E-state index is -3.98. The van der Waals surface area contributed by atoms with Crippen molar-refractivity contribution < 1.29 is 17.6 Å². The molecule has 1 saturated carbocycles. The van der Waals surface area contributed by atoms with Crippen LogP contribution in [0.2, 0.25) is 0 Å².